The lowest BCUT2D eigenvalue weighted by Crippen LogP contribution is -2.17. The SMILES string of the molecule is CC1(C)c2cc(N(c3ccc(-c4ccc5ccccc5c4)cc3)c3cccc4oc5ccccc5c34)ccc2-c2ccc3ccccc3c21. The van der Waals surface area contributed by atoms with Crippen LogP contribution in [0.5, 0.6) is 0 Å². The van der Waals surface area contributed by atoms with Gasteiger partial charge in [-0.1, -0.05) is 129 Å². The molecule has 0 atom stereocenters. The lowest BCUT2D eigenvalue weighted by atomic mass is 9.80. The summed E-state index contributed by atoms with van der Waals surface area (Å²) in [4.78, 5) is 2.41. The number of benzene rings is 8. The molecule has 0 amide bonds. The van der Waals surface area contributed by atoms with E-state index in [-0.39, 0.29) is 5.41 Å². The molecule has 0 radical (unpaired) electrons. The van der Waals surface area contributed by atoms with E-state index < -0.39 is 0 Å². The third-order valence-electron chi connectivity index (χ3n) is 10.6. The van der Waals surface area contributed by atoms with Gasteiger partial charge in [0, 0.05) is 22.2 Å². The minimum atomic E-state index is -0.165. The van der Waals surface area contributed by atoms with E-state index >= 15 is 0 Å². The highest BCUT2D eigenvalue weighted by Crippen LogP contribution is 2.53. The molecule has 49 heavy (non-hydrogen) atoms. The van der Waals surface area contributed by atoms with E-state index in [1.54, 1.807) is 0 Å². The normalized spacial score (nSPS) is 13.3. The Hall–Kier alpha value is -6.12. The Kier molecular flexibility index (Phi) is 5.95. The number of nitrogens with zero attached hydrogens (tertiary/aromatic N) is 1. The summed E-state index contributed by atoms with van der Waals surface area (Å²) in [7, 11) is 0. The zero-order valence-corrected chi connectivity index (χ0v) is 27.4. The van der Waals surface area contributed by atoms with E-state index in [1.807, 2.05) is 6.07 Å². The Balaban J connectivity index is 1.17. The van der Waals surface area contributed by atoms with Crippen molar-refractivity contribution < 1.29 is 4.42 Å². The Labute approximate surface area is 285 Å². The van der Waals surface area contributed by atoms with Gasteiger partial charge in [-0.2, -0.15) is 0 Å². The Morgan fingerprint density at radius 2 is 1.12 bits per heavy atom. The molecule has 2 nitrogen and oxygen atoms in total. The summed E-state index contributed by atoms with van der Waals surface area (Å²) in [6, 6.07) is 59.4. The van der Waals surface area contributed by atoms with Gasteiger partial charge < -0.3 is 9.32 Å². The minimum Gasteiger partial charge on any atom is -0.456 e. The van der Waals surface area contributed by atoms with Crippen molar-refractivity contribution in [3.63, 3.8) is 0 Å². The first-order chi connectivity index (χ1) is 24.0. The van der Waals surface area contributed by atoms with Gasteiger partial charge in [0.1, 0.15) is 11.2 Å². The second-order valence-electron chi connectivity index (χ2n) is 13.8. The summed E-state index contributed by atoms with van der Waals surface area (Å²) in [6.45, 7) is 4.75. The molecule has 1 aliphatic carbocycles. The number of hydrogen-bond donors (Lipinski definition) is 0. The van der Waals surface area contributed by atoms with E-state index in [1.165, 1.54) is 54.9 Å². The fourth-order valence-corrected chi connectivity index (χ4v) is 8.27. The fourth-order valence-electron chi connectivity index (χ4n) is 8.27. The minimum absolute atomic E-state index is 0.165. The van der Waals surface area contributed by atoms with Gasteiger partial charge in [0.15, 0.2) is 0 Å². The number of anilines is 3. The van der Waals surface area contributed by atoms with Gasteiger partial charge in [0.05, 0.1) is 11.1 Å². The van der Waals surface area contributed by atoms with Crippen molar-refractivity contribution in [1.82, 2.24) is 0 Å². The number of furan rings is 1. The monoisotopic (exact) mass is 627 g/mol. The molecule has 232 valence electrons. The molecule has 0 saturated carbocycles. The second-order valence-corrected chi connectivity index (χ2v) is 13.8. The Morgan fingerprint density at radius 1 is 0.469 bits per heavy atom. The first-order valence-electron chi connectivity index (χ1n) is 17.0. The molecule has 0 saturated heterocycles. The summed E-state index contributed by atoms with van der Waals surface area (Å²) in [5.41, 5.74) is 12.7. The Morgan fingerprint density at radius 3 is 1.98 bits per heavy atom. The molecule has 0 spiro atoms. The molecule has 0 fully saturated rings. The average molecular weight is 628 g/mol. The van der Waals surface area contributed by atoms with Gasteiger partial charge in [-0.15, -0.1) is 0 Å². The van der Waals surface area contributed by atoms with Crippen LogP contribution in [0, 0.1) is 0 Å². The molecule has 0 bridgehead atoms. The molecule has 2 heteroatoms. The maximum Gasteiger partial charge on any atom is 0.137 e. The standard InChI is InChI=1S/C47H33NO/c1-47(2)41-29-36(25-27-38(41)39-26-22-32-11-5-6-13-37(32)46(39)47)48(42-15-9-17-44-45(42)40-14-7-8-16-43(40)49-44)35-23-20-31(21-24-35)34-19-18-30-10-3-4-12-33(30)28-34/h3-29H,1-2H3. The van der Waals surface area contributed by atoms with Crippen LogP contribution in [0.25, 0.3) is 65.7 Å². The smallest absolute Gasteiger partial charge is 0.137 e. The third kappa shape index (κ3) is 4.20. The van der Waals surface area contributed by atoms with Crippen molar-refractivity contribution in [2.45, 2.75) is 19.3 Å². The summed E-state index contributed by atoms with van der Waals surface area (Å²) in [5, 5.41) is 7.35. The molecular weight excluding hydrogens is 595 g/mol. The van der Waals surface area contributed by atoms with Crippen LogP contribution in [0.15, 0.2) is 168 Å². The van der Waals surface area contributed by atoms with Gasteiger partial charge in [-0.05, 0) is 103 Å². The van der Waals surface area contributed by atoms with Crippen molar-refractivity contribution in [3.8, 4) is 22.3 Å². The number of fused-ring (bicyclic) bond motifs is 9. The van der Waals surface area contributed by atoms with Crippen LogP contribution in [0.4, 0.5) is 17.1 Å². The van der Waals surface area contributed by atoms with Gasteiger partial charge in [0.2, 0.25) is 0 Å². The van der Waals surface area contributed by atoms with Crippen LogP contribution in [-0.2, 0) is 5.41 Å². The summed E-state index contributed by atoms with van der Waals surface area (Å²) >= 11 is 0. The molecule has 8 aromatic carbocycles. The van der Waals surface area contributed by atoms with Crippen molar-refractivity contribution in [2.75, 3.05) is 4.90 Å². The van der Waals surface area contributed by atoms with E-state index in [0.717, 1.165) is 39.0 Å². The largest absolute Gasteiger partial charge is 0.456 e. The van der Waals surface area contributed by atoms with E-state index in [2.05, 4.69) is 176 Å². The van der Waals surface area contributed by atoms with Crippen molar-refractivity contribution >= 4 is 60.5 Å². The highest BCUT2D eigenvalue weighted by Gasteiger charge is 2.37. The van der Waals surface area contributed by atoms with Crippen LogP contribution in [0.1, 0.15) is 25.0 Å². The maximum absolute atomic E-state index is 6.39. The van der Waals surface area contributed by atoms with E-state index in [9.17, 15) is 0 Å². The van der Waals surface area contributed by atoms with Crippen LogP contribution in [0.3, 0.4) is 0 Å². The molecule has 1 heterocycles. The summed E-state index contributed by atoms with van der Waals surface area (Å²) < 4.78 is 6.39. The molecule has 1 aromatic heterocycles. The van der Waals surface area contributed by atoms with E-state index in [0.29, 0.717) is 0 Å². The number of para-hydroxylation sites is 1. The van der Waals surface area contributed by atoms with Gasteiger partial charge >= 0.3 is 0 Å². The zero-order valence-electron chi connectivity index (χ0n) is 27.4. The Bertz CT molecular complexity index is 2750. The predicted molar refractivity (Wildman–Crippen MR) is 206 cm³/mol. The third-order valence-corrected chi connectivity index (χ3v) is 10.6. The van der Waals surface area contributed by atoms with Crippen LogP contribution in [0.2, 0.25) is 0 Å². The fraction of sp³-hybridized carbons (Fsp3) is 0.0638. The van der Waals surface area contributed by atoms with E-state index in [4.69, 9.17) is 4.42 Å². The van der Waals surface area contributed by atoms with Crippen molar-refractivity contribution in [2.24, 2.45) is 0 Å². The highest BCUT2D eigenvalue weighted by atomic mass is 16.3. The van der Waals surface area contributed by atoms with Gasteiger partial charge in [0.25, 0.3) is 0 Å². The molecule has 1 aliphatic rings. The molecule has 0 unspecified atom stereocenters. The molecule has 0 aliphatic heterocycles. The first-order valence-corrected chi connectivity index (χ1v) is 17.0. The van der Waals surface area contributed by atoms with Gasteiger partial charge in [-0.25, -0.2) is 0 Å². The molecular formula is C47H33NO. The lowest BCUT2D eigenvalue weighted by molar-refractivity contribution is 0.666. The molecule has 10 rings (SSSR count). The highest BCUT2D eigenvalue weighted by molar-refractivity contribution is 6.13. The number of rotatable bonds is 4. The summed E-state index contributed by atoms with van der Waals surface area (Å²) in [5.74, 6) is 0. The van der Waals surface area contributed by atoms with Crippen molar-refractivity contribution in [1.29, 1.82) is 0 Å². The van der Waals surface area contributed by atoms with Crippen LogP contribution >= 0.6 is 0 Å². The second kappa shape index (κ2) is 10.4. The average Bonchev–Trinajstić information content (AvgIpc) is 3.64. The van der Waals surface area contributed by atoms with Crippen LogP contribution in [-0.4, -0.2) is 0 Å². The molecule has 9 aromatic rings. The predicted octanol–water partition coefficient (Wildman–Crippen LogP) is 13.3. The quantitative estimate of drug-likeness (QED) is 0.193. The number of hydrogen-bond acceptors (Lipinski definition) is 2. The topological polar surface area (TPSA) is 16.4 Å². The zero-order chi connectivity index (χ0) is 32.7. The van der Waals surface area contributed by atoms with Crippen molar-refractivity contribution in [3.05, 3.63) is 175 Å². The molecule has 0 N–H and O–H groups in total. The van der Waals surface area contributed by atoms with Crippen LogP contribution < -0.4 is 4.90 Å². The lowest BCUT2D eigenvalue weighted by Gasteiger charge is -2.29. The first kappa shape index (κ1) is 27.9. The maximum atomic E-state index is 6.39. The summed E-state index contributed by atoms with van der Waals surface area (Å²) in [6.07, 6.45) is 0. The van der Waals surface area contributed by atoms with Gasteiger partial charge in [-0.3, -0.25) is 0 Å².